The molecule has 0 heterocycles. The van der Waals surface area contributed by atoms with Crippen molar-refractivity contribution in [2.75, 3.05) is 7.11 Å². The SMILES string of the molecule is COc1c(Br)cc(Cl)cc1C(O)c1cc(Br)ccc1Br. The Bertz CT molecular complexity index is 647. The van der Waals surface area contributed by atoms with E-state index in [0.29, 0.717) is 20.8 Å². The zero-order valence-corrected chi connectivity index (χ0v) is 15.8. The fourth-order valence-electron chi connectivity index (χ4n) is 1.89. The standard InChI is InChI=1S/C14H10Br3ClO2/c1-20-14-10(5-8(18)6-12(14)17)13(19)9-4-7(15)2-3-11(9)16/h2-6,13,19H,1H3. The molecule has 2 aromatic carbocycles. The van der Waals surface area contributed by atoms with Gasteiger partial charge in [0.05, 0.1) is 11.6 Å². The highest BCUT2D eigenvalue weighted by molar-refractivity contribution is 9.11. The summed E-state index contributed by atoms with van der Waals surface area (Å²) < 4.78 is 7.75. The van der Waals surface area contributed by atoms with Crippen LogP contribution < -0.4 is 4.74 Å². The largest absolute Gasteiger partial charge is 0.495 e. The Hall–Kier alpha value is -0.0700. The number of hydrogen-bond acceptors (Lipinski definition) is 2. The lowest BCUT2D eigenvalue weighted by molar-refractivity contribution is 0.213. The predicted molar refractivity (Wildman–Crippen MR) is 91.6 cm³/mol. The quantitative estimate of drug-likeness (QED) is 0.603. The third-order valence-corrected chi connectivity index (χ3v) is 4.81. The fourth-order valence-corrected chi connectivity index (χ4v) is 3.73. The summed E-state index contributed by atoms with van der Waals surface area (Å²) in [6.45, 7) is 0. The first-order valence-electron chi connectivity index (χ1n) is 5.60. The Labute approximate surface area is 147 Å². The smallest absolute Gasteiger partial charge is 0.139 e. The molecule has 0 aliphatic rings. The first-order valence-corrected chi connectivity index (χ1v) is 8.35. The number of halogens is 4. The number of aliphatic hydroxyl groups excluding tert-OH is 1. The van der Waals surface area contributed by atoms with Gasteiger partial charge in [-0.1, -0.05) is 43.5 Å². The number of aliphatic hydroxyl groups is 1. The number of rotatable bonds is 3. The number of methoxy groups -OCH3 is 1. The molecule has 1 unspecified atom stereocenters. The zero-order valence-electron chi connectivity index (χ0n) is 10.3. The number of hydrogen-bond donors (Lipinski definition) is 1. The van der Waals surface area contributed by atoms with Crippen molar-refractivity contribution in [3.8, 4) is 5.75 Å². The number of ether oxygens (including phenoxy) is 1. The highest BCUT2D eigenvalue weighted by Crippen LogP contribution is 2.40. The van der Waals surface area contributed by atoms with Gasteiger partial charge in [-0.2, -0.15) is 0 Å². The molecule has 1 N–H and O–H groups in total. The molecule has 0 radical (unpaired) electrons. The number of benzene rings is 2. The van der Waals surface area contributed by atoms with Gasteiger partial charge in [0.2, 0.25) is 0 Å². The average molecular weight is 485 g/mol. The Morgan fingerprint density at radius 2 is 1.75 bits per heavy atom. The zero-order chi connectivity index (χ0) is 14.9. The molecule has 0 saturated heterocycles. The Balaban J connectivity index is 2.58. The lowest BCUT2D eigenvalue weighted by Gasteiger charge is -2.18. The summed E-state index contributed by atoms with van der Waals surface area (Å²) in [5.41, 5.74) is 1.33. The van der Waals surface area contributed by atoms with Crippen LogP contribution in [0.2, 0.25) is 5.02 Å². The molecule has 20 heavy (non-hydrogen) atoms. The second-order valence-electron chi connectivity index (χ2n) is 4.08. The Kier molecular flexibility index (Phi) is 5.54. The van der Waals surface area contributed by atoms with Gasteiger partial charge in [-0.15, -0.1) is 0 Å². The lowest BCUT2D eigenvalue weighted by atomic mass is 10.0. The second-order valence-corrected chi connectivity index (χ2v) is 7.14. The van der Waals surface area contributed by atoms with Crippen LogP contribution in [0.25, 0.3) is 0 Å². The van der Waals surface area contributed by atoms with Crippen molar-refractivity contribution in [3.63, 3.8) is 0 Å². The third-order valence-electron chi connectivity index (χ3n) is 2.79. The van der Waals surface area contributed by atoms with E-state index in [4.69, 9.17) is 16.3 Å². The molecular weight excluding hydrogens is 475 g/mol. The van der Waals surface area contributed by atoms with Crippen LogP contribution in [0.4, 0.5) is 0 Å². The summed E-state index contributed by atoms with van der Waals surface area (Å²) in [7, 11) is 1.56. The van der Waals surface area contributed by atoms with Crippen molar-refractivity contribution in [3.05, 3.63) is 59.9 Å². The summed E-state index contributed by atoms with van der Waals surface area (Å²) in [5, 5.41) is 11.2. The van der Waals surface area contributed by atoms with E-state index >= 15 is 0 Å². The van der Waals surface area contributed by atoms with E-state index in [9.17, 15) is 5.11 Å². The average Bonchev–Trinajstić information content (AvgIpc) is 2.40. The Morgan fingerprint density at radius 1 is 1.05 bits per heavy atom. The molecule has 2 nitrogen and oxygen atoms in total. The highest BCUT2D eigenvalue weighted by Gasteiger charge is 2.20. The first-order chi connectivity index (χ1) is 9.43. The Morgan fingerprint density at radius 3 is 2.40 bits per heavy atom. The van der Waals surface area contributed by atoms with Crippen LogP contribution in [0.3, 0.4) is 0 Å². The molecule has 106 valence electrons. The van der Waals surface area contributed by atoms with Crippen LogP contribution in [0.5, 0.6) is 5.75 Å². The normalized spacial score (nSPS) is 12.3. The molecule has 1 atom stereocenters. The third kappa shape index (κ3) is 3.39. The lowest BCUT2D eigenvalue weighted by Crippen LogP contribution is -2.04. The molecule has 0 saturated carbocycles. The van der Waals surface area contributed by atoms with Crippen molar-refractivity contribution >= 4 is 59.4 Å². The maximum Gasteiger partial charge on any atom is 0.139 e. The van der Waals surface area contributed by atoms with Gasteiger partial charge in [0.15, 0.2) is 0 Å². The molecule has 2 aromatic rings. The maximum absolute atomic E-state index is 10.6. The van der Waals surface area contributed by atoms with E-state index in [2.05, 4.69) is 47.8 Å². The van der Waals surface area contributed by atoms with Crippen molar-refractivity contribution in [2.45, 2.75) is 6.10 Å². The van der Waals surface area contributed by atoms with E-state index in [1.165, 1.54) is 0 Å². The van der Waals surface area contributed by atoms with Crippen LogP contribution in [0, 0.1) is 0 Å². The van der Waals surface area contributed by atoms with E-state index in [0.717, 1.165) is 14.5 Å². The van der Waals surface area contributed by atoms with E-state index in [1.54, 1.807) is 19.2 Å². The molecule has 0 aliphatic carbocycles. The monoisotopic (exact) mass is 482 g/mol. The maximum atomic E-state index is 10.6. The molecule has 0 aliphatic heterocycles. The summed E-state index contributed by atoms with van der Waals surface area (Å²) in [6.07, 6.45) is -0.855. The second kappa shape index (κ2) is 6.79. The minimum atomic E-state index is -0.855. The van der Waals surface area contributed by atoms with Crippen LogP contribution in [-0.4, -0.2) is 12.2 Å². The summed E-state index contributed by atoms with van der Waals surface area (Å²) in [6, 6.07) is 9.04. The van der Waals surface area contributed by atoms with Gasteiger partial charge >= 0.3 is 0 Å². The minimum Gasteiger partial charge on any atom is -0.495 e. The highest BCUT2D eigenvalue weighted by atomic mass is 79.9. The molecule has 0 fully saturated rings. The van der Waals surface area contributed by atoms with Gasteiger partial charge in [-0.05, 0) is 46.3 Å². The van der Waals surface area contributed by atoms with Crippen molar-refractivity contribution in [2.24, 2.45) is 0 Å². The van der Waals surface area contributed by atoms with Crippen molar-refractivity contribution in [1.29, 1.82) is 0 Å². The van der Waals surface area contributed by atoms with E-state index in [1.807, 2.05) is 18.2 Å². The molecular formula is C14H10Br3ClO2. The summed E-state index contributed by atoms with van der Waals surface area (Å²) >= 11 is 16.3. The van der Waals surface area contributed by atoms with Gasteiger partial charge in [0, 0.05) is 25.1 Å². The van der Waals surface area contributed by atoms with Gasteiger partial charge < -0.3 is 9.84 Å². The van der Waals surface area contributed by atoms with Crippen LogP contribution >= 0.6 is 59.4 Å². The van der Waals surface area contributed by atoms with Crippen LogP contribution in [0.15, 0.2) is 43.7 Å². The molecule has 2 rings (SSSR count). The van der Waals surface area contributed by atoms with Gasteiger partial charge in [0.1, 0.15) is 11.9 Å². The van der Waals surface area contributed by atoms with Crippen LogP contribution in [0.1, 0.15) is 17.2 Å². The van der Waals surface area contributed by atoms with Gasteiger partial charge in [-0.3, -0.25) is 0 Å². The van der Waals surface area contributed by atoms with Crippen LogP contribution in [-0.2, 0) is 0 Å². The summed E-state index contributed by atoms with van der Waals surface area (Å²) in [5.74, 6) is 0.564. The van der Waals surface area contributed by atoms with E-state index in [-0.39, 0.29) is 0 Å². The molecule has 0 spiro atoms. The topological polar surface area (TPSA) is 29.5 Å². The van der Waals surface area contributed by atoms with Gasteiger partial charge in [0.25, 0.3) is 0 Å². The molecule has 0 bridgehead atoms. The van der Waals surface area contributed by atoms with Crippen molar-refractivity contribution in [1.82, 2.24) is 0 Å². The van der Waals surface area contributed by atoms with E-state index < -0.39 is 6.10 Å². The fraction of sp³-hybridized carbons (Fsp3) is 0.143. The molecule has 0 amide bonds. The van der Waals surface area contributed by atoms with Crippen molar-refractivity contribution < 1.29 is 9.84 Å². The minimum absolute atomic E-state index is 0.526. The first kappa shape index (κ1) is 16.3. The molecule has 6 heteroatoms. The molecule has 0 aromatic heterocycles. The predicted octanol–water partition coefficient (Wildman–Crippen LogP) is 5.72. The van der Waals surface area contributed by atoms with Gasteiger partial charge in [-0.25, -0.2) is 0 Å². The summed E-state index contributed by atoms with van der Waals surface area (Å²) in [4.78, 5) is 0.